The van der Waals surface area contributed by atoms with E-state index in [4.69, 9.17) is 4.74 Å². The monoisotopic (exact) mass is 410 g/mol. The Labute approximate surface area is 150 Å². The summed E-state index contributed by atoms with van der Waals surface area (Å²) >= 11 is 3.01. The molecule has 0 heterocycles. The van der Waals surface area contributed by atoms with E-state index in [-0.39, 0.29) is 21.4 Å². The molecule has 0 aliphatic rings. The number of benzene rings is 2. The zero-order valence-corrected chi connectivity index (χ0v) is 14.4. The van der Waals surface area contributed by atoms with E-state index in [0.717, 1.165) is 12.1 Å². The number of esters is 1. The van der Waals surface area contributed by atoms with Gasteiger partial charge in [-0.2, -0.15) is 0 Å². The summed E-state index contributed by atoms with van der Waals surface area (Å²) in [4.78, 5) is 34.3. The lowest BCUT2D eigenvalue weighted by molar-refractivity contribution is -0.385. The van der Waals surface area contributed by atoms with E-state index in [1.54, 1.807) is 0 Å². The number of nitro groups is 1. The Bertz CT molecular complexity index is 843. The number of anilines is 1. The fourth-order valence-corrected chi connectivity index (χ4v) is 2.26. The van der Waals surface area contributed by atoms with Crippen molar-refractivity contribution >= 4 is 39.2 Å². The fraction of sp³-hybridized carbons (Fsp3) is 0.125. The van der Waals surface area contributed by atoms with Crippen molar-refractivity contribution in [1.82, 2.24) is 0 Å². The third-order valence-electron chi connectivity index (χ3n) is 3.12. The van der Waals surface area contributed by atoms with Crippen molar-refractivity contribution in [2.75, 3.05) is 5.32 Å². The van der Waals surface area contributed by atoms with Gasteiger partial charge in [0.25, 0.3) is 11.6 Å². The zero-order valence-electron chi connectivity index (χ0n) is 12.9. The van der Waals surface area contributed by atoms with Gasteiger partial charge in [0.2, 0.25) is 0 Å². The van der Waals surface area contributed by atoms with Crippen molar-refractivity contribution in [2.24, 2.45) is 0 Å². The average molecular weight is 411 g/mol. The van der Waals surface area contributed by atoms with Crippen LogP contribution in [0.2, 0.25) is 0 Å². The van der Waals surface area contributed by atoms with E-state index in [1.165, 1.54) is 37.3 Å². The smallest absolute Gasteiger partial charge is 0.339 e. The van der Waals surface area contributed by atoms with Crippen molar-refractivity contribution in [3.8, 4) is 0 Å². The summed E-state index contributed by atoms with van der Waals surface area (Å²) in [6.07, 6.45) is -1.18. The zero-order chi connectivity index (χ0) is 18.6. The second-order valence-corrected chi connectivity index (χ2v) is 5.82. The molecule has 0 unspecified atom stereocenters. The quantitative estimate of drug-likeness (QED) is 0.460. The van der Waals surface area contributed by atoms with Crippen molar-refractivity contribution in [1.29, 1.82) is 0 Å². The normalized spacial score (nSPS) is 11.5. The molecule has 7 nitrogen and oxygen atoms in total. The van der Waals surface area contributed by atoms with E-state index >= 15 is 0 Å². The second kappa shape index (κ2) is 7.84. The molecule has 0 aromatic heterocycles. The molecule has 2 rings (SSSR count). The SMILES string of the molecule is C[C@@H](OC(=O)c1ccc(Br)c([N+](=O)[O-])c1)C(=O)Nc1cccc(F)c1. The number of hydrogen-bond donors (Lipinski definition) is 1. The second-order valence-electron chi connectivity index (χ2n) is 4.97. The predicted molar refractivity (Wildman–Crippen MR) is 90.7 cm³/mol. The number of hydrogen-bond acceptors (Lipinski definition) is 5. The number of nitro benzene ring substituents is 1. The largest absolute Gasteiger partial charge is 0.449 e. The van der Waals surface area contributed by atoms with Crippen LogP contribution in [0.15, 0.2) is 46.9 Å². The Balaban J connectivity index is 2.05. The van der Waals surface area contributed by atoms with Gasteiger partial charge in [-0.15, -0.1) is 0 Å². The standard InChI is InChI=1S/C16H12BrFN2O5/c1-9(15(21)19-12-4-2-3-11(18)8-12)25-16(22)10-5-6-13(17)14(7-10)20(23)24/h2-9H,1H3,(H,19,21)/t9-/m1/s1. The molecule has 2 aromatic carbocycles. The van der Waals surface area contributed by atoms with E-state index < -0.39 is 28.7 Å². The van der Waals surface area contributed by atoms with Crippen LogP contribution in [0.4, 0.5) is 15.8 Å². The Morgan fingerprint density at radius 2 is 2.00 bits per heavy atom. The van der Waals surface area contributed by atoms with Gasteiger partial charge < -0.3 is 10.1 Å². The molecule has 0 saturated carbocycles. The molecule has 0 fully saturated rings. The van der Waals surface area contributed by atoms with Gasteiger partial charge in [-0.1, -0.05) is 6.07 Å². The van der Waals surface area contributed by atoms with Gasteiger partial charge >= 0.3 is 5.97 Å². The number of amides is 1. The third kappa shape index (κ3) is 4.83. The number of carbonyl (C=O) groups is 2. The predicted octanol–water partition coefficient (Wildman–Crippen LogP) is 3.68. The van der Waals surface area contributed by atoms with Crippen LogP contribution < -0.4 is 5.32 Å². The number of nitrogens with zero attached hydrogens (tertiary/aromatic N) is 1. The maximum atomic E-state index is 13.1. The summed E-state index contributed by atoms with van der Waals surface area (Å²) in [6, 6.07) is 8.95. The minimum absolute atomic E-state index is 0.0692. The fourth-order valence-electron chi connectivity index (χ4n) is 1.87. The molecule has 2 aromatic rings. The first kappa shape index (κ1) is 18.5. The van der Waals surface area contributed by atoms with Crippen molar-refractivity contribution < 1.29 is 23.6 Å². The Morgan fingerprint density at radius 1 is 1.28 bits per heavy atom. The van der Waals surface area contributed by atoms with Gasteiger partial charge in [0.05, 0.1) is 15.0 Å². The Kier molecular flexibility index (Phi) is 5.81. The molecule has 1 N–H and O–H groups in total. The van der Waals surface area contributed by atoms with Gasteiger partial charge in [0, 0.05) is 11.8 Å². The Morgan fingerprint density at radius 3 is 2.64 bits per heavy atom. The summed E-state index contributed by atoms with van der Waals surface area (Å²) in [6.45, 7) is 1.33. The molecular formula is C16H12BrFN2O5. The maximum absolute atomic E-state index is 13.1. The minimum atomic E-state index is -1.18. The van der Waals surface area contributed by atoms with Crippen LogP contribution >= 0.6 is 15.9 Å². The molecule has 0 aliphatic heterocycles. The summed E-state index contributed by atoms with van der Waals surface area (Å²) in [5.41, 5.74) is -0.154. The molecular weight excluding hydrogens is 399 g/mol. The van der Waals surface area contributed by atoms with Crippen molar-refractivity contribution in [3.05, 3.63) is 68.4 Å². The summed E-state index contributed by atoms with van der Waals surface area (Å²) in [5.74, 6) is -2.08. The van der Waals surface area contributed by atoms with Gasteiger partial charge in [-0.25, -0.2) is 9.18 Å². The molecule has 130 valence electrons. The van der Waals surface area contributed by atoms with Crippen LogP contribution in [-0.2, 0) is 9.53 Å². The number of halogens is 2. The van der Waals surface area contributed by atoms with Crippen LogP contribution in [0.1, 0.15) is 17.3 Å². The molecule has 1 amide bonds. The average Bonchev–Trinajstić information content (AvgIpc) is 2.54. The van der Waals surface area contributed by atoms with E-state index in [1.807, 2.05) is 0 Å². The highest BCUT2D eigenvalue weighted by atomic mass is 79.9. The highest BCUT2D eigenvalue weighted by Gasteiger charge is 2.22. The van der Waals surface area contributed by atoms with Gasteiger partial charge in [0.1, 0.15) is 5.82 Å². The number of nitrogens with one attached hydrogen (secondary N) is 1. The van der Waals surface area contributed by atoms with Crippen LogP contribution in [0.25, 0.3) is 0 Å². The molecule has 0 bridgehead atoms. The first-order valence-corrected chi connectivity index (χ1v) is 7.78. The lowest BCUT2D eigenvalue weighted by atomic mass is 10.2. The summed E-state index contributed by atoms with van der Waals surface area (Å²) < 4.78 is 18.3. The van der Waals surface area contributed by atoms with E-state index in [0.29, 0.717) is 0 Å². The maximum Gasteiger partial charge on any atom is 0.339 e. The van der Waals surface area contributed by atoms with Crippen LogP contribution in [-0.4, -0.2) is 22.9 Å². The molecule has 0 radical (unpaired) electrons. The first-order chi connectivity index (χ1) is 11.8. The molecule has 9 heteroatoms. The summed E-state index contributed by atoms with van der Waals surface area (Å²) in [5, 5.41) is 13.3. The third-order valence-corrected chi connectivity index (χ3v) is 3.79. The van der Waals surface area contributed by atoms with Crippen molar-refractivity contribution in [3.63, 3.8) is 0 Å². The molecule has 0 saturated heterocycles. The van der Waals surface area contributed by atoms with Gasteiger partial charge in [-0.3, -0.25) is 14.9 Å². The molecule has 0 aliphatic carbocycles. The molecule has 0 spiro atoms. The topological polar surface area (TPSA) is 98.5 Å². The Hall–Kier alpha value is -2.81. The van der Waals surface area contributed by atoms with Crippen molar-refractivity contribution in [2.45, 2.75) is 13.0 Å². The van der Waals surface area contributed by atoms with Gasteiger partial charge in [0.15, 0.2) is 6.10 Å². The number of ether oxygens (including phenoxy) is 1. The van der Waals surface area contributed by atoms with Gasteiger partial charge in [-0.05, 0) is 53.2 Å². The first-order valence-electron chi connectivity index (χ1n) is 6.99. The van der Waals surface area contributed by atoms with Crippen LogP contribution in [0, 0.1) is 15.9 Å². The van der Waals surface area contributed by atoms with Crippen LogP contribution in [0.3, 0.4) is 0 Å². The summed E-state index contributed by atoms with van der Waals surface area (Å²) in [7, 11) is 0. The number of carbonyl (C=O) groups excluding carboxylic acids is 2. The lowest BCUT2D eigenvalue weighted by Crippen LogP contribution is -2.30. The minimum Gasteiger partial charge on any atom is -0.449 e. The van der Waals surface area contributed by atoms with E-state index in [9.17, 15) is 24.1 Å². The van der Waals surface area contributed by atoms with E-state index in [2.05, 4.69) is 21.2 Å². The molecule has 1 atom stereocenters. The highest BCUT2D eigenvalue weighted by Crippen LogP contribution is 2.26. The molecule has 25 heavy (non-hydrogen) atoms. The van der Waals surface area contributed by atoms with Crippen LogP contribution in [0.5, 0.6) is 0 Å². The number of rotatable bonds is 5. The lowest BCUT2D eigenvalue weighted by Gasteiger charge is -2.13. The highest BCUT2D eigenvalue weighted by molar-refractivity contribution is 9.10.